The summed E-state index contributed by atoms with van der Waals surface area (Å²) in [4.78, 5) is 14.2. The lowest BCUT2D eigenvalue weighted by Crippen LogP contribution is -2.18. The molecular weight excluding hydrogens is 530 g/mol. The quantitative estimate of drug-likeness (QED) is 0.372. The fourth-order valence-electron chi connectivity index (χ4n) is 3.98. The number of rotatable bonds is 9. The van der Waals surface area contributed by atoms with Crippen molar-refractivity contribution in [2.24, 2.45) is 0 Å². The van der Waals surface area contributed by atoms with E-state index < -0.39 is 9.84 Å². The number of amides is 1. The van der Waals surface area contributed by atoms with Gasteiger partial charge in [-0.05, 0) is 36.4 Å². The summed E-state index contributed by atoms with van der Waals surface area (Å²) in [6.07, 6.45) is 1.67. The van der Waals surface area contributed by atoms with Crippen molar-refractivity contribution in [3.63, 3.8) is 0 Å². The lowest BCUT2D eigenvalue weighted by atomic mass is 10.1. The van der Waals surface area contributed by atoms with Gasteiger partial charge in [-0.3, -0.25) is 4.79 Å². The molecule has 38 heavy (non-hydrogen) atoms. The van der Waals surface area contributed by atoms with Crippen molar-refractivity contribution in [1.29, 1.82) is 0 Å². The van der Waals surface area contributed by atoms with Crippen molar-refractivity contribution < 1.29 is 36.9 Å². The van der Waals surface area contributed by atoms with E-state index in [1.165, 1.54) is 59.4 Å². The maximum atomic E-state index is 13.3. The first-order valence-corrected chi connectivity index (χ1v) is 13.8. The SMILES string of the molecule is COc1cc(OC)c(C=C2Sc3ccc(S(=O)(=O)Cc4c(OC)cccc4OC)cc3NC2=O)c(OC)c1. The largest absolute Gasteiger partial charge is 0.496 e. The van der Waals surface area contributed by atoms with E-state index in [1.54, 1.807) is 42.5 Å². The number of nitrogens with one attached hydrogen (secondary N) is 1. The van der Waals surface area contributed by atoms with Crippen LogP contribution >= 0.6 is 11.8 Å². The number of methoxy groups -OCH3 is 5. The minimum absolute atomic E-state index is 0.0658. The molecule has 1 amide bonds. The molecule has 1 heterocycles. The molecule has 0 saturated carbocycles. The summed E-state index contributed by atoms with van der Waals surface area (Å²) in [6.45, 7) is 0. The molecular formula is C27H27NO8S2. The van der Waals surface area contributed by atoms with Gasteiger partial charge >= 0.3 is 0 Å². The average molecular weight is 558 g/mol. The van der Waals surface area contributed by atoms with Crippen molar-refractivity contribution in [3.8, 4) is 28.7 Å². The van der Waals surface area contributed by atoms with Crippen LogP contribution in [0.2, 0.25) is 0 Å². The third kappa shape index (κ3) is 5.39. The normalized spacial score (nSPS) is 13.9. The summed E-state index contributed by atoms with van der Waals surface area (Å²) in [6, 6.07) is 13.1. The number of ether oxygens (including phenoxy) is 5. The Kier molecular flexibility index (Phi) is 8.08. The summed E-state index contributed by atoms with van der Waals surface area (Å²) in [5.74, 6) is 1.60. The van der Waals surface area contributed by atoms with Crippen LogP contribution in [-0.4, -0.2) is 49.9 Å². The smallest absolute Gasteiger partial charge is 0.262 e. The second-order valence-electron chi connectivity index (χ2n) is 8.07. The van der Waals surface area contributed by atoms with Crippen molar-refractivity contribution >= 4 is 39.3 Å². The third-order valence-corrected chi connectivity index (χ3v) is 8.63. The molecule has 0 spiro atoms. The number of hydrogen-bond donors (Lipinski definition) is 1. The minimum Gasteiger partial charge on any atom is -0.496 e. The van der Waals surface area contributed by atoms with Crippen LogP contribution in [-0.2, 0) is 20.4 Å². The number of thioether (sulfide) groups is 1. The van der Waals surface area contributed by atoms with E-state index >= 15 is 0 Å². The summed E-state index contributed by atoms with van der Waals surface area (Å²) in [5.41, 5.74) is 1.39. The molecule has 0 aliphatic carbocycles. The van der Waals surface area contributed by atoms with E-state index in [2.05, 4.69) is 5.32 Å². The number of carbonyl (C=O) groups is 1. The Balaban J connectivity index is 1.67. The third-order valence-electron chi connectivity index (χ3n) is 5.89. The minimum atomic E-state index is -3.80. The second-order valence-corrected chi connectivity index (χ2v) is 11.1. The average Bonchev–Trinajstić information content (AvgIpc) is 2.92. The van der Waals surface area contributed by atoms with Crippen LogP contribution in [0.15, 0.2) is 63.2 Å². The maximum absolute atomic E-state index is 13.3. The van der Waals surface area contributed by atoms with Crippen LogP contribution in [0.1, 0.15) is 11.1 Å². The Labute approximate surface area is 225 Å². The Morgan fingerprint density at radius 3 is 1.97 bits per heavy atom. The summed E-state index contributed by atoms with van der Waals surface area (Å²) < 4.78 is 53.6. The fraction of sp³-hybridized carbons (Fsp3) is 0.222. The topological polar surface area (TPSA) is 109 Å². The van der Waals surface area contributed by atoms with Gasteiger partial charge in [-0.2, -0.15) is 0 Å². The van der Waals surface area contributed by atoms with Gasteiger partial charge in [0.15, 0.2) is 9.84 Å². The zero-order chi connectivity index (χ0) is 27.4. The van der Waals surface area contributed by atoms with Crippen LogP contribution in [0.5, 0.6) is 28.7 Å². The van der Waals surface area contributed by atoms with E-state index in [4.69, 9.17) is 23.7 Å². The molecule has 0 radical (unpaired) electrons. The number of sulfone groups is 1. The molecule has 200 valence electrons. The number of anilines is 1. The lowest BCUT2D eigenvalue weighted by Gasteiger charge is -2.20. The molecule has 11 heteroatoms. The predicted octanol–water partition coefficient (Wildman–Crippen LogP) is 4.79. The molecule has 4 rings (SSSR count). The van der Waals surface area contributed by atoms with Crippen LogP contribution in [0.4, 0.5) is 5.69 Å². The van der Waals surface area contributed by atoms with Gasteiger partial charge in [0.25, 0.3) is 5.91 Å². The van der Waals surface area contributed by atoms with Crippen molar-refractivity contribution in [2.45, 2.75) is 15.5 Å². The number of hydrogen-bond acceptors (Lipinski definition) is 9. The van der Waals surface area contributed by atoms with Crippen LogP contribution < -0.4 is 29.0 Å². The van der Waals surface area contributed by atoms with Gasteiger partial charge < -0.3 is 29.0 Å². The predicted molar refractivity (Wildman–Crippen MR) is 145 cm³/mol. The fourth-order valence-corrected chi connectivity index (χ4v) is 6.30. The van der Waals surface area contributed by atoms with Gasteiger partial charge in [-0.15, -0.1) is 0 Å². The van der Waals surface area contributed by atoms with Gasteiger partial charge in [-0.25, -0.2) is 8.42 Å². The Hall–Kier alpha value is -3.83. The zero-order valence-electron chi connectivity index (χ0n) is 21.5. The highest BCUT2D eigenvalue weighted by Crippen LogP contribution is 2.43. The number of carbonyl (C=O) groups excluding carboxylic acids is 1. The van der Waals surface area contributed by atoms with Crippen LogP contribution in [0.25, 0.3) is 6.08 Å². The monoisotopic (exact) mass is 557 g/mol. The summed E-state index contributed by atoms with van der Waals surface area (Å²) in [7, 11) is 3.71. The van der Waals surface area contributed by atoms with E-state index in [1.807, 2.05) is 0 Å². The highest BCUT2D eigenvalue weighted by Gasteiger charge is 2.27. The van der Waals surface area contributed by atoms with Crippen molar-refractivity contribution in [2.75, 3.05) is 40.9 Å². The van der Waals surface area contributed by atoms with Crippen LogP contribution in [0, 0.1) is 0 Å². The van der Waals surface area contributed by atoms with Crippen molar-refractivity contribution in [3.05, 3.63) is 64.6 Å². The van der Waals surface area contributed by atoms with E-state index in [9.17, 15) is 13.2 Å². The number of fused-ring (bicyclic) bond motifs is 1. The zero-order valence-corrected chi connectivity index (χ0v) is 23.1. The van der Waals surface area contributed by atoms with Gasteiger partial charge in [0.1, 0.15) is 28.7 Å². The molecule has 0 atom stereocenters. The molecule has 0 saturated heterocycles. The van der Waals surface area contributed by atoms with Gasteiger partial charge in [0.2, 0.25) is 0 Å². The number of benzene rings is 3. The standard InChI is InChI=1S/C27H27NO8S2/c1-32-16-11-23(35-4)18(24(12-16)36-5)14-26-27(29)28-20-13-17(9-10-25(20)37-26)38(30,31)15-19-21(33-2)7-6-8-22(19)34-3/h6-14H,15H2,1-5H3,(H,28,29). The summed E-state index contributed by atoms with van der Waals surface area (Å²) >= 11 is 1.22. The first-order chi connectivity index (χ1) is 18.2. The van der Waals surface area contributed by atoms with E-state index in [0.717, 1.165) is 0 Å². The highest BCUT2D eigenvalue weighted by atomic mass is 32.2. The molecule has 0 unspecified atom stereocenters. The molecule has 3 aromatic carbocycles. The molecule has 0 aromatic heterocycles. The molecule has 3 aromatic rings. The maximum Gasteiger partial charge on any atom is 0.262 e. The Morgan fingerprint density at radius 1 is 0.816 bits per heavy atom. The van der Waals surface area contributed by atoms with E-state index in [0.29, 0.717) is 55.4 Å². The lowest BCUT2D eigenvalue weighted by molar-refractivity contribution is -0.112. The highest BCUT2D eigenvalue weighted by molar-refractivity contribution is 8.04. The molecule has 0 bridgehead atoms. The molecule has 1 aliphatic rings. The molecule has 1 N–H and O–H groups in total. The van der Waals surface area contributed by atoms with Gasteiger partial charge in [0.05, 0.1) is 67.9 Å². The van der Waals surface area contributed by atoms with E-state index in [-0.39, 0.29) is 16.6 Å². The Bertz CT molecular complexity index is 1470. The van der Waals surface area contributed by atoms with Gasteiger partial charge in [0, 0.05) is 17.0 Å². The Morgan fingerprint density at radius 2 is 1.42 bits per heavy atom. The summed E-state index contributed by atoms with van der Waals surface area (Å²) in [5, 5.41) is 2.80. The molecule has 1 aliphatic heterocycles. The molecule has 0 fully saturated rings. The van der Waals surface area contributed by atoms with Crippen molar-refractivity contribution in [1.82, 2.24) is 0 Å². The van der Waals surface area contributed by atoms with Gasteiger partial charge in [-0.1, -0.05) is 17.8 Å². The second kappa shape index (κ2) is 11.3. The first-order valence-electron chi connectivity index (χ1n) is 11.3. The molecule has 9 nitrogen and oxygen atoms in total. The van der Waals surface area contributed by atoms with Crippen LogP contribution in [0.3, 0.4) is 0 Å². The first kappa shape index (κ1) is 27.2.